The van der Waals surface area contributed by atoms with Crippen molar-refractivity contribution in [2.45, 2.75) is 26.8 Å². The van der Waals surface area contributed by atoms with Crippen LogP contribution in [0.4, 0.5) is 0 Å². The zero-order valence-corrected chi connectivity index (χ0v) is 16.5. The summed E-state index contributed by atoms with van der Waals surface area (Å²) in [4.78, 5) is 12.3. The van der Waals surface area contributed by atoms with Gasteiger partial charge in [0.25, 0.3) is 5.91 Å². The standard InChI is InChI=1S/C22H23ClN2O2/c1-4-18-21(15-9-11-17(23)12-10-15)20(22(24)26)14(2)25(18)13-16-7-5-6-8-19(16)27-3/h5-12H,4,13H2,1-3H3,(H2,24,26). The molecule has 0 atom stereocenters. The van der Waals surface area contributed by atoms with E-state index in [2.05, 4.69) is 11.5 Å². The molecule has 0 aliphatic rings. The fourth-order valence-corrected chi connectivity index (χ4v) is 3.74. The Bertz CT molecular complexity index is 975. The second-order valence-corrected chi connectivity index (χ2v) is 6.84. The van der Waals surface area contributed by atoms with Crippen LogP contribution in [0.1, 0.15) is 34.2 Å². The van der Waals surface area contributed by atoms with Crippen LogP contribution < -0.4 is 10.5 Å². The molecule has 27 heavy (non-hydrogen) atoms. The van der Waals surface area contributed by atoms with E-state index < -0.39 is 5.91 Å². The second-order valence-electron chi connectivity index (χ2n) is 6.40. The number of rotatable bonds is 6. The Labute approximate surface area is 164 Å². The first kappa shape index (κ1) is 19.1. The Balaban J connectivity index is 2.22. The third-order valence-corrected chi connectivity index (χ3v) is 5.12. The van der Waals surface area contributed by atoms with Crippen LogP contribution in [-0.4, -0.2) is 17.6 Å². The fraction of sp³-hybridized carbons (Fsp3) is 0.227. The highest BCUT2D eigenvalue weighted by molar-refractivity contribution is 6.30. The summed E-state index contributed by atoms with van der Waals surface area (Å²) in [5.74, 6) is 0.396. The summed E-state index contributed by atoms with van der Waals surface area (Å²) in [6, 6.07) is 15.4. The summed E-state index contributed by atoms with van der Waals surface area (Å²) in [6.45, 7) is 4.62. The van der Waals surface area contributed by atoms with Crippen molar-refractivity contribution in [2.75, 3.05) is 7.11 Å². The molecule has 3 aromatic rings. The van der Waals surface area contributed by atoms with Crippen molar-refractivity contribution < 1.29 is 9.53 Å². The third kappa shape index (κ3) is 3.58. The minimum Gasteiger partial charge on any atom is -0.496 e. The Hall–Kier alpha value is -2.72. The van der Waals surface area contributed by atoms with Crippen molar-refractivity contribution >= 4 is 17.5 Å². The SMILES string of the molecule is CCc1c(-c2ccc(Cl)cc2)c(C(N)=O)c(C)n1Cc1ccccc1OC. The van der Waals surface area contributed by atoms with Crippen LogP contribution >= 0.6 is 11.6 Å². The van der Waals surface area contributed by atoms with Crippen LogP contribution in [-0.2, 0) is 13.0 Å². The van der Waals surface area contributed by atoms with Gasteiger partial charge in [-0.1, -0.05) is 48.9 Å². The van der Waals surface area contributed by atoms with E-state index in [1.807, 2.05) is 55.5 Å². The highest BCUT2D eigenvalue weighted by Gasteiger charge is 2.24. The average molecular weight is 383 g/mol. The number of carbonyl (C=O) groups is 1. The summed E-state index contributed by atoms with van der Waals surface area (Å²) in [7, 11) is 1.66. The number of halogens is 1. The lowest BCUT2D eigenvalue weighted by Crippen LogP contribution is -2.13. The fourth-order valence-electron chi connectivity index (χ4n) is 3.61. The molecule has 0 bridgehead atoms. The van der Waals surface area contributed by atoms with Gasteiger partial charge in [0.1, 0.15) is 5.75 Å². The number of hydrogen-bond donors (Lipinski definition) is 1. The number of nitrogens with two attached hydrogens (primary N) is 1. The average Bonchev–Trinajstić information content (AvgIpc) is 2.94. The zero-order valence-electron chi connectivity index (χ0n) is 15.8. The Morgan fingerprint density at radius 3 is 2.41 bits per heavy atom. The molecule has 0 aliphatic carbocycles. The van der Waals surface area contributed by atoms with E-state index in [-0.39, 0.29) is 0 Å². The molecule has 0 fully saturated rings. The van der Waals surface area contributed by atoms with Gasteiger partial charge in [0, 0.05) is 27.5 Å². The highest BCUT2D eigenvalue weighted by atomic mass is 35.5. The van der Waals surface area contributed by atoms with Gasteiger partial charge in [-0.3, -0.25) is 4.79 Å². The molecule has 1 amide bonds. The van der Waals surface area contributed by atoms with Crippen LogP contribution in [0.3, 0.4) is 0 Å². The predicted octanol–water partition coefficient (Wildman–Crippen LogP) is 4.84. The molecule has 4 nitrogen and oxygen atoms in total. The monoisotopic (exact) mass is 382 g/mol. The van der Waals surface area contributed by atoms with Crippen molar-refractivity contribution in [1.29, 1.82) is 0 Å². The smallest absolute Gasteiger partial charge is 0.251 e. The molecule has 0 spiro atoms. The van der Waals surface area contributed by atoms with Crippen molar-refractivity contribution in [3.63, 3.8) is 0 Å². The van der Waals surface area contributed by atoms with Crippen molar-refractivity contribution in [1.82, 2.24) is 4.57 Å². The van der Waals surface area contributed by atoms with Crippen LogP contribution in [0.5, 0.6) is 5.75 Å². The number of aromatic nitrogens is 1. The van der Waals surface area contributed by atoms with E-state index in [0.717, 1.165) is 40.2 Å². The molecule has 3 rings (SSSR count). The molecule has 2 aromatic carbocycles. The lowest BCUT2D eigenvalue weighted by atomic mass is 9.99. The molecular weight excluding hydrogens is 360 g/mol. The predicted molar refractivity (Wildman–Crippen MR) is 110 cm³/mol. The van der Waals surface area contributed by atoms with Gasteiger partial charge in [0.05, 0.1) is 19.2 Å². The van der Waals surface area contributed by atoms with E-state index in [9.17, 15) is 4.79 Å². The summed E-state index contributed by atoms with van der Waals surface area (Å²) < 4.78 is 7.65. The molecule has 140 valence electrons. The number of primary amides is 1. The summed E-state index contributed by atoms with van der Waals surface area (Å²) in [5, 5.41) is 0.655. The van der Waals surface area contributed by atoms with Gasteiger partial charge < -0.3 is 15.0 Å². The maximum atomic E-state index is 12.3. The van der Waals surface area contributed by atoms with E-state index in [1.165, 1.54) is 0 Å². The number of carbonyl (C=O) groups excluding carboxylic acids is 1. The van der Waals surface area contributed by atoms with Crippen molar-refractivity contribution in [3.8, 4) is 16.9 Å². The number of para-hydroxylation sites is 1. The quantitative estimate of drug-likeness (QED) is 0.663. The lowest BCUT2D eigenvalue weighted by molar-refractivity contribution is 0.1000. The molecule has 1 aromatic heterocycles. The van der Waals surface area contributed by atoms with Crippen LogP contribution in [0.2, 0.25) is 5.02 Å². The van der Waals surface area contributed by atoms with Gasteiger partial charge in [-0.15, -0.1) is 0 Å². The molecule has 5 heteroatoms. The molecule has 0 saturated heterocycles. The van der Waals surface area contributed by atoms with Crippen LogP contribution in [0.25, 0.3) is 11.1 Å². The van der Waals surface area contributed by atoms with E-state index in [4.69, 9.17) is 22.1 Å². The van der Waals surface area contributed by atoms with Crippen molar-refractivity contribution in [2.24, 2.45) is 5.73 Å². The largest absolute Gasteiger partial charge is 0.496 e. The van der Waals surface area contributed by atoms with Crippen LogP contribution in [0.15, 0.2) is 48.5 Å². The Morgan fingerprint density at radius 1 is 1.15 bits per heavy atom. The van der Waals surface area contributed by atoms with Gasteiger partial charge in [-0.2, -0.15) is 0 Å². The van der Waals surface area contributed by atoms with E-state index in [1.54, 1.807) is 7.11 Å². The molecule has 0 saturated carbocycles. The maximum absolute atomic E-state index is 12.3. The van der Waals surface area contributed by atoms with Crippen molar-refractivity contribution in [3.05, 3.63) is 76.1 Å². The lowest BCUT2D eigenvalue weighted by Gasteiger charge is -2.14. The maximum Gasteiger partial charge on any atom is 0.251 e. The minimum absolute atomic E-state index is 0.425. The Kier molecular flexibility index (Phi) is 5.57. The van der Waals surface area contributed by atoms with Gasteiger partial charge in [0.2, 0.25) is 0 Å². The second kappa shape index (κ2) is 7.89. The van der Waals surface area contributed by atoms with Crippen LogP contribution in [0, 0.1) is 6.92 Å². The van der Waals surface area contributed by atoms with Gasteiger partial charge in [-0.25, -0.2) is 0 Å². The topological polar surface area (TPSA) is 57.2 Å². The van der Waals surface area contributed by atoms with Gasteiger partial charge in [-0.05, 0) is 37.1 Å². The summed E-state index contributed by atoms with van der Waals surface area (Å²) in [5.41, 5.74) is 11.1. The molecule has 0 radical (unpaired) electrons. The zero-order chi connectivity index (χ0) is 19.6. The van der Waals surface area contributed by atoms with E-state index >= 15 is 0 Å². The third-order valence-electron chi connectivity index (χ3n) is 4.87. The number of methoxy groups -OCH3 is 1. The van der Waals surface area contributed by atoms with Gasteiger partial charge in [0.15, 0.2) is 0 Å². The number of ether oxygens (including phenoxy) is 1. The normalized spacial score (nSPS) is 10.8. The van der Waals surface area contributed by atoms with Gasteiger partial charge >= 0.3 is 0 Å². The Morgan fingerprint density at radius 2 is 1.81 bits per heavy atom. The minimum atomic E-state index is -0.425. The van der Waals surface area contributed by atoms with E-state index in [0.29, 0.717) is 17.1 Å². The molecule has 2 N–H and O–H groups in total. The number of benzene rings is 2. The highest BCUT2D eigenvalue weighted by Crippen LogP contribution is 2.35. The molecule has 0 aliphatic heterocycles. The molecule has 0 unspecified atom stereocenters. The number of amides is 1. The first-order chi connectivity index (χ1) is 13.0. The summed E-state index contributed by atoms with van der Waals surface area (Å²) >= 11 is 6.04. The summed E-state index contributed by atoms with van der Waals surface area (Å²) in [6.07, 6.45) is 0.765. The number of nitrogens with zero attached hydrogens (tertiary/aromatic N) is 1. The molecule has 1 heterocycles. The molecular formula is C22H23ClN2O2. The number of hydrogen-bond acceptors (Lipinski definition) is 2. The first-order valence-corrected chi connectivity index (χ1v) is 9.25. The first-order valence-electron chi connectivity index (χ1n) is 8.87.